The van der Waals surface area contributed by atoms with E-state index in [4.69, 9.17) is 10.5 Å². The summed E-state index contributed by atoms with van der Waals surface area (Å²) in [6.07, 6.45) is 0. The lowest BCUT2D eigenvalue weighted by atomic mass is 10.2. The summed E-state index contributed by atoms with van der Waals surface area (Å²) in [4.78, 5) is 16.4. The molecule has 0 aliphatic heterocycles. The Kier molecular flexibility index (Phi) is 4.24. The van der Waals surface area contributed by atoms with Crippen LogP contribution >= 0.6 is 0 Å². The number of hydrogen-bond donors (Lipinski definition) is 2. The highest BCUT2D eigenvalue weighted by molar-refractivity contribution is 5.85. The van der Waals surface area contributed by atoms with Crippen LogP contribution < -0.4 is 11.1 Å². The summed E-state index contributed by atoms with van der Waals surface area (Å²) in [5.41, 5.74) is 8.72. The number of aromatic nitrogens is 2. The van der Waals surface area contributed by atoms with Crippen molar-refractivity contribution in [2.75, 3.05) is 26.0 Å². The number of nitrogen functional groups attached to an aromatic ring is 1. The normalized spacial score (nSPS) is 12.6. The molecular formula is C14H20N4O2. The van der Waals surface area contributed by atoms with Crippen LogP contribution in [0.5, 0.6) is 0 Å². The Bertz CT molecular complexity index is 621. The maximum atomic E-state index is 12.1. The van der Waals surface area contributed by atoms with E-state index in [1.54, 1.807) is 18.6 Å². The molecule has 20 heavy (non-hydrogen) atoms. The number of aryl methyl sites for hydroxylation is 1. The highest BCUT2D eigenvalue weighted by atomic mass is 16.5. The van der Waals surface area contributed by atoms with Crippen molar-refractivity contribution in [3.8, 4) is 0 Å². The molecule has 1 heterocycles. The van der Waals surface area contributed by atoms with E-state index in [0.717, 1.165) is 16.6 Å². The second kappa shape index (κ2) is 5.92. The van der Waals surface area contributed by atoms with Crippen molar-refractivity contribution in [3.05, 3.63) is 23.8 Å². The predicted molar refractivity (Wildman–Crippen MR) is 78.5 cm³/mol. The molecule has 6 heteroatoms. The number of carbonyl (C=O) groups is 1. The summed E-state index contributed by atoms with van der Waals surface area (Å²) >= 11 is 0. The minimum absolute atomic E-state index is 0.103. The summed E-state index contributed by atoms with van der Waals surface area (Å²) in [5, 5.41) is 2.81. The lowest BCUT2D eigenvalue weighted by Crippen LogP contribution is -2.33. The van der Waals surface area contributed by atoms with Gasteiger partial charge in [-0.2, -0.15) is 0 Å². The quantitative estimate of drug-likeness (QED) is 0.805. The van der Waals surface area contributed by atoms with E-state index in [0.29, 0.717) is 19.1 Å². The zero-order valence-electron chi connectivity index (χ0n) is 12.0. The highest BCUT2D eigenvalue weighted by Gasteiger charge is 2.19. The topological polar surface area (TPSA) is 82.2 Å². The van der Waals surface area contributed by atoms with Crippen LogP contribution in [0.25, 0.3) is 11.0 Å². The highest BCUT2D eigenvalue weighted by Crippen LogP contribution is 2.23. The van der Waals surface area contributed by atoms with Crippen LogP contribution in [0.15, 0.2) is 18.2 Å². The molecule has 6 nitrogen and oxygen atoms in total. The van der Waals surface area contributed by atoms with E-state index < -0.39 is 6.04 Å². The molecule has 1 unspecified atom stereocenters. The molecule has 1 atom stereocenters. The first-order valence-electron chi connectivity index (χ1n) is 6.55. The van der Waals surface area contributed by atoms with Crippen molar-refractivity contribution in [3.63, 3.8) is 0 Å². The van der Waals surface area contributed by atoms with Gasteiger partial charge >= 0.3 is 0 Å². The monoisotopic (exact) mass is 276 g/mol. The number of nitrogens with two attached hydrogens (primary N) is 1. The standard InChI is InChI=1S/C14H20N4O2/c1-9-4-5-12-11(8-9)17-14(15)18(12)10(2)13(19)16-6-7-20-3/h4-5,8,10H,6-7H2,1-3H3,(H2,15,17)(H,16,19). The summed E-state index contributed by atoms with van der Waals surface area (Å²) in [6.45, 7) is 4.76. The fourth-order valence-corrected chi connectivity index (χ4v) is 2.18. The van der Waals surface area contributed by atoms with Gasteiger partial charge in [-0.05, 0) is 31.5 Å². The van der Waals surface area contributed by atoms with Gasteiger partial charge in [-0.25, -0.2) is 4.98 Å². The van der Waals surface area contributed by atoms with Crippen molar-refractivity contribution in [2.24, 2.45) is 0 Å². The first-order chi connectivity index (χ1) is 9.54. The SMILES string of the molecule is COCCNC(=O)C(C)n1c(N)nc2cc(C)ccc21. The van der Waals surface area contributed by atoms with Gasteiger partial charge in [0.05, 0.1) is 17.6 Å². The van der Waals surface area contributed by atoms with Crippen LogP contribution in [0, 0.1) is 6.92 Å². The van der Waals surface area contributed by atoms with E-state index in [1.165, 1.54) is 0 Å². The van der Waals surface area contributed by atoms with Crippen molar-refractivity contribution < 1.29 is 9.53 Å². The molecule has 1 aromatic carbocycles. The first kappa shape index (κ1) is 14.3. The minimum Gasteiger partial charge on any atom is -0.383 e. The Labute approximate surface area is 117 Å². The van der Waals surface area contributed by atoms with Crippen LogP contribution in [0.1, 0.15) is 18.5 Å². The summed E-state index contributed by atoms with van der Waals surface area (Å²) < 4.78 is 6.66. The van der Waals surface area contributed by atoms with Crippen LogP contribution in [0.3, 0.4) is 0 Å². The first-order valence-corrected chi connectivity index (χ1v) is 6.55. The molecule has 0 saturated carbocycles. The number of ether oxygens (including phenoxy) is 1. The molecule has 3 N–H and O–H groups in total. The van der Waals surface area contributed by atoms with Gasteiger partial charge in [0.25, 0.3) is 0 Å². The molecule has 0 saturated heterocycles. The van der Waals surface area contributed by atoms with Gasteiger partial charge in [0.1, 0.15) is 6.04 Å². The number of methoxy groups -OCH3 is 1. The molecule has 0 bridgehead atoms. The number of nitrogens with zero attached hydrogens (tertiary/aromatic N) is 2. The number of anilines is 1. The molecule has 2 aromatic rings. The van der Waals surface area contributed by atoms with Gasteiger partial charge in [0, 0.05) is 13.7 Å². The zero-order valence-corrected chi connectivity index (χ0v) is 12.0. The number of amides is 1. The Hall–Kier alpha value is -2.08. The number of fused-ring (bicyclic) bond motifs is 1. The average Bonchev–Trinajstić information content (AvgIpc) is 2.73. The average molecular weight is 276 g/mol. The third-order valence-corrected chi connectivity index (χ3v) is 3.24. The van der Waals surface area contributed by atoms with E-state index in [1.807, 2.05) is 25.1 Å². The summed E-state index contributed by atoms with van der Waals surface area (Å²) in [5.74, 6) is 0.244. The number of rotatable bonds is 5. The number of hydrogen-bond acceptors (Lipinski definition) is 4. The predicted octanol–water partition coefficient (Wildman–Crippen LogP) is 1.25. The third-order valence-electron chi connectivity index (χ3n) is 3.24. The molecule has 0 fully saturated rings. The van der Waals surface area contributed by atoms with Crippen molar-refractivity contribution >= 4 is 22.9 Å². The Morgan fingerprint density at radius 1 is 1.55 bits per heavy atom. The Morgan fingerprint density at radius 2 is 2.30 bits per heavy atom. The van der Waals surface area contributed by atoms with Gasteiger partial charge in [-0.3, -0.25) is 9.36 Å². The van der Waals surface area contributed by atoms with Crippen LogP contribution in [0.4, 0.5) is 5.95 Å². The van der Waals surface area contributed by atoms with Crippen molar-refractivity contribution in [2.45, 2.75) is 19.9 Å². The number of nitrogens with one attached hydrogen (secondary N) is 1. The maximum absolute atomic E-state index is 12.1. The van der Waals surface area contributed by atoms with E-state index >= 15 is 0 Å². The lowest BCUT2D eigenvalue weighted by Gasteiger charge is -2.15. The van der Waals surface area contributed by atoms with Gasteiger partial charge in [-0.15, -0.1) is 0 Å². The second-order valence-electron chi connectivity index (χ2n) is 4.79. The van der Waals surface area contributed by atoms with Crippen molar-refractivity contribution in [1.29, 1.82) is 0 Å². The van der Waals surface area contributed by atoms with E-state index in [2.05, 4.69) is 10.3 Å². The van der Waals surface area contributed by atoms with Crippen LogP contribution in [-0.4, -0.2) is 35.7 Å². The molecule has 0 aliphatic rings. The van der Waals surface area contributed by atoms with Gasteiger partial charge in [-0.1, -0.05) is 6.07 Å². The largest absolute Gasteiger partial charge is 0.383 e. The summed E-state index contributed by atoms with van der Waals surface area (Å²) in [7, 11) is 1.60. The molecule has 0 spiro atoms. The van der Waals surface area contributed by atoms with E-state index in [9.17, 15) is 4.79 Å². The molecule has 1 amide bonds. The Morgan fingerprint density at radius 3 is 3.00 bits per heavy atom. The number of carbonyl (C=O) groups excluding carboxylic acids is 1. The fourth-order valence-electron chi connectivity index (χ4n) is 2.18. The van der Waals surface area contributed by atoms with Gasteiger partial charge in [0.2, 0.25) is 11.9 Å². The molecule has 108 valence electrons. The number of benzene rings is 1. The molecule has 2 rings (SSSR count). The third kappa shape index (κ3) is 2.75. The van der Waals surface area contributed by atoms with Gasteiger partial charge in [0.15, 0.2) is 0 Å². The Balaban J connectivity index is 2.27. The van der Waals surface area contributed by atoms with E-state index in [-0.39, 0.29) is 5.91 Å². The zero-order chi connectivity index (χ0) is 14.7. The van der Waals surface area contributed by atoms with Crippen molar-refractivity contribution in [1.82, 2.24) is 14.9 Å². The van der Waals surface area contributed by atoms with Gasteiger partial charge < -0.3 is 15.8 Å². The maximum Gasteiger partial charge on any atom is 0.242 e. The molecule has 1 aromatic heterocycles. The fraction of sp³-hybridized carbons (Fsp3) is 0.429. The smallest absolute Gasteiger partial charge is 0.242 e. The van der Waals surface area contributed by atoms with Crippen LogP contribution in [-0.2, 0) is 9.53 Å². The minimum atomic E-state index is -0.417. The lowest BCUT2D eigenvalue weighted by molar-refractivity contribution is -0.123. The molecule has 0 radical (unpaired) electrons. The van der Waals surface area contributed by atoms with Crippen LogP contribution in [0.2, 0.25) is 0 Å². The summed E-state index contributed by atoms with van der Waals surface area (Å²) in [6, 6.07) is 5.46. The molecular weight excluding hydrogens is 256 g/mol. The second-order valence-corrected chi connectivity index (χ2v) is 4.79. The number of imidazole rings is 1. The molecule has 0 aliphatic carbocycles.